The molecule has 0 bridgehead atoms. The Kier molecular flexibility index (Phi) is 5.95. The van der Waals surface area contributed by atoms with Crippen LogP contribution in [0.3, 0.4) is 0 Å². The fraction of sp³-hybridized carbons (Fsp3) is 0.562. The molecule has 2 N–H and O–H groups in total. The summed E-state index contributed by atoms with van der Waals surface area (Å²) in [5.41, 5.74) is 0.781. The maximum atomic E-state index is 12.4. The number of likely N-dealkylation sites (tertiary alicyclic amines) is 1. The van der Waals surface area contributed by atoms with Gasteiger partial charge in [0.1, 0.15) is 5.69 Å². The summed E-state index contributed by atoms with van der Waals surface area (Å²) in [6.45, 7) is 2.87. The van der Waals surface area contributed by atoms with Crippen LogP contribution >= 0.6 is 0 Å². The van der Waals surface area contributed by atoms with Crippen molar-refractivity contribution < 1.29 is 14.3 Å². The molecule has 2 aromatic rings. The van der Waals surface area contributed by atoms with Crippen LogP contribution in [-0.4, -0.2) is 75.3 Å². The molecule has 140 valence electrons. The molecule has 1 fully saturated rings. The highest BCUT2D eigenvalue weighted by atomic mass is 16.5. The van der Waals surface area contributed by atoms with Gasteiger partial charge in [0.05, 0.1) is 12.8 Å². The van der Waals surface area contributed by atoms with E-state index in [1.807, 2.05) is 4.90 Å². The lowest BCUT2D eigenvalue weighted by molar-refractivity contribution is 0.0653. The molecule has 0 saturated carbocycles. The van der Waals surface area contributed by atoms with E-state index in [1.165, 1.54) is 0 Å². The van der Waals surface area contributed by atoms with Crippen molar-refractivity contribution in [3.05, 3.63) is 29.8 Å². The zero-order valence-electron chi connectivity index (χ0n) is 14.7. The summed E-state index contributed by atoms with van der Waals surface area (Å²) in [7, 11) is 1.58. The number of hydrogen-bond donors (Lipinski definition) is 2. The van der Waals surface area contributed by atoms with Gasteiger partial charge in [-0.1, -0.05) is 5.21 Å². The summed E-state index contributed by atoms with van der Waals surface area (Å²) in [4.78, 5) is 26.2. The average Bonchev–Trinajstić information content (AvgIpc) is 3.33. The second kappa shape index (κ2) is 8.56. The van der Waals surface area contributed by atoms with Crippen molar-refractivity contribution in [1.82, 2.24) is 35.4 Å². The van der Waals surface area contributed by atoms with E-state index in [4.69, 9.17) is 4.74 Å². The van der Waals surface area contributed by atoms with E-state index in [9.17, 15) is 9.59 Å². The highest BCUT2D eigenvalue weighted by Gasteiger charge is 2.26. The second-order valence-electron chi connectivity index (χ2n) is 6.30. The number of H-pyrrole nitrogens is 1. The van der Waals surface area contributed by atoms with E-state index in [1.54, 1.807) is 30.3 Å². The number of nitrogens with one attached hydrogen (secondary N) is 2. The van der Waals surface area contributed by atoms with E-state index >= 15 is 0 Å². The van der Waals surface area contributed by atoms with Gasteiger partial charge in [-0.15, -0.1) is 5.10 Å². The Labute approximate surface area is 150 Å². The van der Waals surface area contributed by atoms with Gasteiger partial charge in [-0.3, -0.25) is 19.4 Å². The monoisotopic (exact) mass is 361 g/mol. The number of carbonyl (C=O) groups excluding carboxylic acids is 2. The van der Waals surface area contributed by atoms with Crippen molar-refractivity contribution >= 4 is 11.8 Å². The van der Waals surface area contributed by atoms with Crippen LogP contribution in [0, 0.1) is 5.92 Å². The first kappa shape index (κ1) is 18.1. The number of piperidine rings is 1. The van der Waals surface area contributed by atoms with Crippen molar-refractivity contribution in [2.24, 2.45) is 5.92 Å². The first-order valence-electron chi connectivity index (χ1n) is 8.63. The molecule has 26 heavy (non-hydrogen) atoms. The molecular weight excluding hydrogens is 338 g/mol. The Morgan fingerprint density at radius 1 is 1.46 bits per heavy atom. The third kappa shape index (κ3) is 4.45. The lowest BCUT2D eigenvalue weighted by Gasteiger charge is -2.32. The molecule has 1 aliphatic rings. The molecule has 0 aromatic carbocycles. The minimum Gasteiger partial charge on any atom is -0.383 e. The maximum Gasteiger partial charge on any atom is 0.273 e. The van der Waals surface area contributed by atoms with Gasteiger partial charge >= 0.3 is 0 Å². The van der Waals surface area contributed by atoms with Crippen molar-refractivity contribution in [1.29, 1.82) is 0 Å². The topological polar surface area (TPSA) is 118 Å². The van der Waals surface area contributed by atoms with Gasteiger partial charge in [-0.05, 0) is 24.8 Å². The molecular formula is C16H23N7O3. The second-order valence-corrected chi connectivity index (χ2v) is 6.30. The number of aromatic amines is 1. The van der Waals surface area contributed by atoms with Crippen molar-refractivity contribution in [2.45, 2.75) is 19.4 Å². The molecule has 3 rings (SSSR count). The van der Waals surface area contributed by atoms with Gasteiger partial charge in [0.15, 0.2) is 5.69 Å². The molecule has 3 heterocycles. The van der Waals surface area contributed by atoms with Crippen LogP contribution in [0.15, 0.2) is 18.5 Å². The number of nitrogens with zero attached hydrogens (tertiary/aromatic N) is 5. The van der Waals surface area contributed by atoms with Crippen LogP contribution in [0.5, 0.6) is 0 Å². The normalized spacial score (nSPS) is 17.3. The van der Waals surface area contributed by atoms with Crippen molar-refractivity contribution in [3.8, 4) is 0 Å². The predicted molar refractivity (Wildman–Crippen MR) is 91.4 cm³/mol. The first-order chi connectivity index (χ1) is 12.7. The molecule has 1 atom stereocenters. The largest absolute Gasteiger partial charge is 0.383 e. The molecule has 0 spiro atoms. The van der Waals surface area contributed by atoms with Crippen LogP contribution in [-0.2, 0) is 11.3 Å². The molecule has 10 nitrogen and oxygen atoms in total. The molecule has 1 aliphatic heterocycles. The van der Waals surface area contributed by atoms with Gasteiger partial charge < -0.3 is 15.0 Å². The lowest BCUT2D eigenvalue weighted by Crippen LogP contribution is -2.41. The summed E-state index contributed by atoms with van der Waals surface area (Å²) in [6, 6.07) is 1.68. The Morgan fingerprint density at radius 2 is 2.35 bits per heavy atom. The SMILES string of the molecule is COCCNC(=O)c1cn(C[C@H]2CCCN(C(=O)c3ccn[nH]3)C2)nn1. The smallest absolute Gasteiger partial charge is 0.273 e. The zero-order valence-corrected chi connectivity index (χ0v) is 14.7. The van der Waals surface area contributed by atoms with Gasteiger partial charge in [0.25, 0.3) is 11.8 Å². The standard InChI is InChI=1S/C16H23N7O3/c1-26-8-6-17-15(24)14-11-23(21-20-14)10-12-3-2-7-22(9-12)16(25)13-4-5-18-19-13/h4-5,11-12H,2-3,6-10H2,1H3,(H,17,24)(H,18,19)/t12-/m0/s1. The maximum absolute atomic E-state index is 12.4. The Hall–Kier alpha value is -2.75. The van der Waals surface area contributed by atoms with Crippen molar-refractivity contribution in [2.75, 3.05) is 33.4 Å². The van der Waals surface area contributed by atoms with E-state index < -0.39 is 0 Å². The van der Waals surface area contributed by atoms with Crippen LogP contribution in [0.2, 0.25) is 0 Å². The van der Waals surface area contributed by atoms with E-state index in [0.29, 0.717) is 31.9 Å². The number of hydrogen-bond acceptors (Lipinski definition) is 6. The van der Waals surface area contributed by atoms with E-state index in [-0.39, 0.29) is 23.4 Å². The fourth-order valence-electron chi connectivity index (χ4n) is 3.06. The minimum atomic E-state index is -0.270. The average molecular weight is 361 g/mol. The molecule has 2 amide bonds. The minimum absolute atomic E-state index is 0.0380. The van der Waals surface area contributed by atoms with Gasteiger partial charge in [0.2, 0.25) is 0 Å². The Morgan fingerprint density at radius 3 is 3.12 bits per heavy atom. The first-order valence-corrected chi connectivity index (χ1v) is 8.63. The summed E-state index contributed by atoms with van der Waals surface area (Å²) in [6.07, 6.45) is 5.15. The molecule has 1 saturated heterocycles. The van der Waals surface area contributed by atoms with Crippen LogP contribution in [0.4, 0.5) is 0 Å². The quantitative estimate of drug-likeness (QED) is 0.667. The summed E-state index contributed by atoms with van der Waals surface area (Å²) < 4.78 is 6.56. The van der Waals surface area contributed by atoms with Crippen LogP contribution in [0.1, 0.15) is 33.8 Å². The number of ether oxygens (including phenoxy) is 1. The summed E-state index contributed by atoms with van der Waals surface area (Å²) in [5, 5.41) is 17.2. The van der Waals surface area contributed by atoms with Crippen molar-refractivity contribution in [3.63, 3.8) is 0 Å². The van der Waals surface area contributed by atoms with Crippen LogP contribution in [0.25, 0.3) is 0 Å². The third-order valence-electron chi connectivity index (χ3n) is 4.35. The number of aromatic nitrogens is 5. The van der Waals surface area contributed by atoms with Crippen LogP contribution < -0.4 is 5.32 Å². The van der Waals surface area contributed by atoms with Gasteiger partial charge in [-0.2, -0.15) is 5.10 Å². The molecule has 0 unspecified atom stereocenters. The summed E-state index contributed by atoms with van der Waals surface area (Å²) >= 11 is 0. The van der Waals surface area contributed by atoms with E-state index in [0.717, 1.165) is 19.4 Å². The molecule has 0 aliphatic carbocycles. The van der Waals surface area contributed by atoms with E-state index in [2.05, 4.69) is 25.8 Å². The fourth-order valence-corrected chi connectivity index (χ4v) is 3.06. The summed E-state index contributed by atoms with van der Waals surface area (Å²) in [5.74, 6) is -0.0429. The Bertz CT molecular complexity index is 728. The molecule has 0 radical (unpaired) electrons. The number of carbonyl (C=O) groups is 2. The number of methoxy groups -OCH3 is 1. The van der Waals surface area contributed by atoms with Gasteiger partial charge in [0, 0.05) is 39.5 Å². The predicted octanol–water partition coefficient (Wildman–Crippen LogP) is -0.0702. The molecule has 10 heteroatoms. The molecule has 2 aromatic heterocycles. The third-order valence-corrected chi connectivity index (χ3v) is 4.35. The lowest BCUT2D eigenvalue weighted by atomic mass is 9.98. The number of amides is 2. The van der Waals surface area contributed by atoms with Gasteiger partial charge in [-0.25, -0.2) is 0 Å². The number of rotatable bonds is 7. The highest BCUT2D eigenvalue weighted by molar-refractivity contribution is 5.92. The Balaban J connectivity index is 1.54. The highest BCUT2D eigenvalue weighted by Crippen LogP contribution is 2.19. The zero-order chi connectivity index (χ0) is 18.4.